The van der Waals surface area contributed by atoms with E-state index in [1.54, 1.807) is 13.3 Å². The number of ether oxygens (including phenoxy) is 1. The van der Waals surface area contributed by atoms with Crippen molar-refractivity contribution >= 4 is 6.08 Å². The summed E-state index contributed by atoms with van der Waals surface area (Å²) in [4.78, 5) is 4.13. The number of aromatic nitrogens is 1. The fourth-order valence-corrected chi connectivity index (χ4v) is 1.05. The van der Waals surface area contributed by atoms with E-state index in [4.69, 9.17) is 4.74 Å². The van der Waals surface area contributed by atoms with E-state index in [-0.39, 0.29) is 0 Å². The van der Waals surface area contributed by atoms with Crippen LogP contribution >= 0.6 is 0 Å². The van der Waals surface area contributed by atoms with Crippen molar-refractivity contribution in [1.82, 2.24) is 4.98 Å². The molecule has 0 aliphatic carbocycles. The van der Waals surface area contributed by atoms with Crippen LogP contribution in [0.2, 0.25) is 0 Å². The van der Waals surface area contributed by atoms with Crippen LogP contribution in [0.5, 0.6) is 5.75 Å². The van der Waals surface area contributed by atoms with Crippen LogP contribution in [0, 0.1) is 6.92 Å². The van der Waals surface area contributed by atoms with E-state index in [0.717, 1.165) is 17.0 Å². The summed E-state index contributed by atoms with van der Waals surface area (Å²) in [5.74, 6) is 0.818. The van der Waals surface area contributed by atoms with Crippen LogP contribution in [0.3, 0.4) is 0 Å². The summed E-state index contributed by atoms with van der Waals surface area (Å²) in [6.07, 6.45) is 5.73. The molecule has 0 amide bonds. The van der Waals surface area contributed by atoms with Crippen LogP contribution < -0.4 is 4.74 Å². The van der Waals surface area contributed by atoms with E-state index < -0.39 is 0 Å². The lowest BCUT2D eigenvalue weighted by Gasteiger charge is -2.03. The summed E-state index contributed by atoms with van der Waals surface area (Å²) in [7, 11) is 1.65. The summed E-state index contributed by atoms with van der Waals surface area (Å²) < 4.78 is 5.14. The zero-order valence-corrected chi connectivity index (χ0v) is 7.66. The average molecular weight is 163 g/mol. The van der Waals surface area contributed by atoms with E-state index >= 15 is 0 Å². The van der Waals surface area contributed by atoms with Crippen molar-refractivity contribution in [2.45, 2.75) is 13.8 Å². The molecular weight excluding hydrogens is 150 g/mol. The molecular formula is C10H13NO. The molecule has 0 radical (unpaired) electrons. The molecule has 1 rings (SSSR count). The first-order valence-corrected chi connectivity index (χ1v) is 3.91. The molecule has 0 N–H and O–H groups in total. The molecule has 0 fully saturated rings. The Bertz CT molecular complexity index is 292. The molecule has 0 saturated carbocycles. The standard InChI is InChI=1S/C10H13NO/c1-4-5-9-6-8(2)11-7-10(9)12-3/h4-7H,1-3H3/b5-4+. The molecule has 0 aliphatic heterocycles. The van der Waals surface area contributed by atoms with E-state index in [0.29, 0.717) is 0 Å². The van der Waals surface area contributed by atoms with Gasteiger partial charge >= 0.3 is 0 Å². The summed E-state index contributed by atoms with van der Waals surface area (Å²) in [5, 5.41) is 0. The highest BCUT2D eigenvalue weighted by Gasteiger charge is 1.98. The molecule has 0 aliphatic rings. The van der Waals surface area contributed by atoms with Crippen molar-refractivity contribution < 1.29 is 4.74 Å². The smallest absolute Gasteiger partial charge is 0.144 e. The third-order valence-electron chi connectivity index (χ3n) is 1.60. The van der Waals surface area contributed by atoms with Crippen molar-refractivity contribution in [3.8, 4) is 5.75 Å². The molecule has 0 saturated heterocycles. The summed E-state index contributed by atoms with van der Waals surface area (Å²) in [6.45, 7) is 3.95. The Hall–Kier alpha value is -1.31. The van der Waals surface area contributed by atoms with E-state index in [1.807, 2.05) is 32.1 Å². The minimum atomic E-state index is 0.818. The zero-order valence-electron chi connectivity index (χ0n) is 7.66. The second kappa shape index (κ2) is 3.90. The number of aryl methyl sites for hydroxylation is 1. The minimum Gasteiger partial charge on any atom is -0.495 e. The van der Waals surface area contributed by atoms with Gasteiger partial charge in [-0.05, 0) is 19.9 Å². The maximum absolute atomic E-state index is 5.14. The molecule has 0 unspecified atom stereocenters. The lowest BCUT2D eigenvalue weighted by Crippen LogP contribution is -1.90. The van der Waals surface area contributed by atoms with Gasteiger partial charge in [0.25, 0.3) is 0 Å². The summed E-state index contributed by atoms with van der Waals surface area (Å²) in [5.41, 5.74) is 2.08. The molecule has 1 aromatic heterocycles. The second-order valence-electron chi connectivity index (χ2n) is 2.57. The monoisotopic (exact) mass is 163 g/mol. The van der Waals surface area contributed by atoms with Gasteiger partial charge in [-0.15, -0.1) is 0 Å². The predicted molar refractivity (Wildman–Crippen MR) is 50.2 cm³/mol. The number of nitrogens with zero attached hydrogens (tertiary/aromatic N) is 1. The molecule has 64 valence electrons. The fourth-order valence-electron chi connectivity index (χ4n) is 1.05. The Labute approximate surface area is 72.9 Å². The van der Waals surface area contributed by atoms with Crippen molar-refractivity contribution in [2.75, 3.05) is 7.11 Å². The van der Waals surface area contributed by atoms with Crippen LogP contribution in [0.25, 0.3) is 6.08 Å². The molecule has 12 heavy (non-hydrogen) atoms. The summed E-state index contributed by atoms with van der Waals surface area (Å²) >= 11 is 0. The molecule has 1 aromatic rings. The number of allylic oxidation sites excluding steroid dienone is 1. The lowest BCUT2D eigenvalue weighted by atomic mass is 10.2. The molecule has 0 atom stereocenters. The average Bonchev–Trinajstić information content (AvgIpc) is 2.05. The number of pyridine rings is 1. The van der Waals surface area contributed by atoms with Gasteiger partial charge in [-0.2, -0.15) is 0 Å². The molecule has 0 bridgehead atoms. The third kappa shape index (κ3) is 1.84. The number of hydrogen-bond donors (Lipinski definition) is 0. The van der Waals surface area contributed by atoms with Gasteiger partial charge in [0.15, 0.2) is 0 Å². The van der Waals surface area contributed by atoms with Crippen LogP contribution in [-0.2, 0) is 0 Å². The first-order chi connectivity index (χ1) is 5.77. The largest absolute Gasteiger partial charge is 0.495 e. The first kappa shape index (κ1) is 8.78. The highest BCUT2D eigenvalue weighted by atomic mass is 16.5. The maximum Gasteiger partial charge on any atom is 0.144 e. The van der Waals surface area contributed by atoms with Gasteiger partial charge in [-0.1, -0.05) is 12.2 Å². The van der Waals surface area contributed by atoms with E-state index in [2.05, 4.69) is 4.98 Å². The van der Waals surface area contributed by atoms with Gasteiger partial charge in [0.1, 0.15) is 5.75 Å². The van der Waals surface area contributed by atoms with Gasteiger partial charge in [-0.3, -0.25) is 4.98 Å². The van der Waals surface area contributed by atoms with Gasteiger partial charge < -0.3 is 4.74 Å². The van der Waals surface area contributed by atoms with Crippen LogP contribution in [0.1, 0.15) is 18.2 Å². The Kier molecular flexibility index (Phi) is 2.86. The molecule has 2 heteroatoms. The zero-order chi connectivity index (χ0) is 8.97. The van der Waals surface area contributed by atoms with Crippen LogP contribution in [-0.4, -0.2) is 12.1 Å². The summed E-state index contributed by atoms with van der Waals surface area (Å²) in [6, 6.07) is 2.00. The van der Waals surface area contributed by atoms with Crippen LogP contribution in [0.4, 0.5) is 0 Å². The lowest BCUT2D eigenvalue weighted by molar-refractivity contribution is 0.411. The third-order valence-corrected chi connectivity index (χ3v) is 1.60. The van der Waals surface area contributed by atoms with Crippen LogP contribution in [0.15, 0.2) is 18.3 Å². The minimum absolute atomic E-state index is 0.818. The van der Waals surface area contributed by atoms with Gasteiger partial charge in [0.2, 0.25) is 0 Å². The fraction of sp³-hybridized carbons (Fsp3) is 0.300. The molecule has 0 spiro atoms. The van der Waals surface area contributed by atoms with E-state index in [1.165, 1.54) is 0 Å². The van der Waals surface area contributed by atoms with Gasteiger partial charge in [-0.25, -0.2) is 0 Å². The Balaban J connectivity index is 3.12. The Morgan fingerprint density at radius 3 is 2.83 bits per heavy atom. The van der Waals surface area contributed by atoms with Crippen molar-refractivity contribution in [3.05, 3.63) is 29.6 Å². The van der Waals surface area contributed by atoms with Crippen molar-refractivity contribution in [1.29, 1.82) is 0 Å². The quantitative estimate of drug-likeness (QED) is 0.668. The van der Waals surface area contributed by atoms with E-state index in [9.17, 15) is 0 Å². The van der Waals surface area contributed by atoms with Crippen molar-refractivity contribution in [3.63, 3.8) is 0 Å². The second-order valence-corrected chi connectivity index (χ2v) is 2.57. The number of methoxy groups -OCH3 is 1. The Morgan fingerprint density at radius 2 is 2.25 bits per heavy atom. The first-order valence-electron chi connectivity index (χ1n) is 3.91. The molecule has 0 aromatic carbocycles. The highest BCUT2D eigenvalue weighted by molar-refractivity contribution is 5.56. The highest BCUT2D eigenvalue weighted by Crippen LogP contribution is 2.18. The number of hydrogen-bond acceptors (Lipinski definition) is 2. The maximum atomic E-state index is 5.14. The van der Waals surface area contributed by atoms with Crippen molar-refractivity contribution in [2.24, 2.45) is 0 Å². The topological polar surface area (TPSA) is 22.1 Å². The van der Waals surface area contributed by atoms with Gasteiger partial charge in [0, 0.05) is 11.3 Å². The van der Waals surface area contributed by atoms with Gasteiger partial charge in [0.05, 0.1) is 13.3 Å². The molecule has 2 nitrogen and oxygen atoms in total. The SMILES string of the molecule is C/C=C/c1cc(C)ncc1OC. The Morgan fingerprint density at radius 1 is 1.50 bits per heavy atom. The predicted octanol–water partition coefficient (Wildman–Crippen LogP) is 2.43. The normalized spacial score (nSPS) is 10.6. The molecule has 1 heterocycles. The number of rotatable bonds is 2.